The highest BCUT2D eigenvalue weighted by molar-refractivity contribution is 6.32. The third-order valence-corrected chi connectivity index (χ3v) is 4.78. The topological polar surface area (TPSA) is 30.5 Å². The lowest BCUT2D eigenvalue weighted by atomic mass is 10.1. The van der Waals surface area contributed by atoms with Crippen LogP contribution >= 0.6 is 11.6 Å². The molecule has 3 aromatic carbocycles. The first-order valence-corrected chi connectivity index (χ1v) is 9.39. The molecular formula is C23H23ClFNO2. The number of aryl methyl sites for hydroxylation is 2. The fourth-order valence-electron chi connectivity index (χ4n) is 2.90. The Balaban J connectivity index is 1.75. The van der Waals surface area contributed by atoms with Gasteiger partial charge < -0.3 is 14.8 Å². The van der Waals surface area contributed by atoms with E-state index in [1.165, 1.54) is 17.2 Å². The second kappa shape index (κ2) is 8.98. The van der Waals surface area contributed by atoms with Crippen LogP contribution < -0.4 is 14.8 Å². The van der Waals surface area contributed by atoms with Gasteiger partial charge in [-0.05, 0) is 54.8 Å². The van der Waals surface area contributed by atoms with Crippen molar-refractivity contribution in [3.8, 4) is 11.5 Å². The molecule has 1 N–H and O–H groups in total. The lowest BCUT2D eigenvalue weighted by Crippen LogP contribution is -2.04. The largest absolute Gasteiger partial charge is 0.493 e. The molecule has 0 aliphatic heterocycles. The summed E-state index contributed by atoms with van der Waals surface area (Å²) in [6.07, 6.45) is 0. The number of benzene rings is 3. The number of methoxy groups -OCH3 is 1. The average Bonchev–Trinajstić information content (AvgIpc) is 2.68. The molecule has 0 bridgehead atoms. The molecule has 0 radical (unpaired) electrons. The van der Waals surface area contributed by atoms with Gasteiger partial charge in [-0.2, -0.15) is 0 Å². The minimum absolute atomic E-state index is 0.0723. The Morgan fingerprint density at radius 2 is 1.82 bits per heavy atom. The van der Waals surface area contributed by atoms with E-state index in [-0.39, 0.29) is 12.4 Å². The number of ether oxygens (including phenoxy) is 2. The molecule has 0 amide bonds. The van der Waals surface area contributed by atoms with Gasteiger partial charge in [0, 0.05) is 17.8 Å². The van der Waals surface area contributed by atoms with Crippen LogP contribution in [0.25, 0.3) is 0 Å². The molecule has 0 aliphatic rings. The summed E-state index contributed by atoms with van der Waals surface area (Å²) < 4.78 is 25.0. The van der Waals surface area contributed by atoms with Gasteiger partial charge in [0.05, 0.1) is 12.1 Å². The lowest BCUT2D eigenvalue weighted by Gasteiger charge is -2.16. The zero-order valence-electron chi connectivity index (χ0n) is 16.2. The van der Waals surface area contributed by atoms with E-state index in [1.807, 2.05) is 12.1 Å². The zero-order chi connectivity index (χ0) is 20.1. The molecule has 0 heterocycles. The highest BCUT2D eigenvalue weighted by Crippen LogP contribution is 2.37. The van der Waals surface area contributed by atoms with Crippen molar-refractivity contribution in [1.29, 1.82) is 0 Å². The van der Waals surface area contributed by atoms with E-state index in [0.29, 0.717) is 28.6 Å². The minimum atomic E-state index is -0.313. The molecule has 0 spiro atoms. The average molecular weight is 400 g/mol. The number of nitrogens with one attached hydrogen (secondary N) is 1. The van der Waals surface area contributed by atoms with Crippen LogP contribution in [0, 0.1) is 19.7 Å². The van der Waals surface area contributed by atoms with Crippen molar-refractivity contribution < 1.29 is 13.9 Å². The van der Waals surface area contributed by atoms with Gasteiger partial charge in [0.25, 0.3) is 0 Å². The zero-order valence-corrected chi connectivity index (χ0v) is 16.9. The van der Waals surface area contributed by atoms with Crippen molar-refractivity contribution in [2.24, 2.45) is 0 Å². The van der Waals surface area contributed by atoms with Crippen LogP contribution in [0.4, 0.5) is 10.1 Å². The summed E-state index contributed by atoms with van der Waals surface area (Å²) in [6, 6.07) is 16.5. The fourth-order valence-corrected chi connectivity index (χ4v) is 3.19. The first kappa shape index (κ1) is 20.0. The van der Waals surface area contributed by atoms with Gasteiger partial charge in [-0.3, -0.25) is 0 Å². The third kappa shape index (κ3) is 4.76. The summed E-state index contributed by atoms with van der Waals surface area (Å²) in [7, 11) is 1.56. The van der Waals surface area contributed by atoms with Crippen LogP contribution in [0.15, 0.2) is 54.6 Å². The van der Waals surface area contributed by atoms with Gasteiger partial charge in [0.15, 0.2) is 11.5 Å². The Morgan fingerprint density at radius 1 is 1.04 bits per heavy atom. The van der Waals surface area contributed by atoms with Crippen molar-refractivity contribution in [2.75, 3.05) is 12.4 Å². The van der Waals surface area contributed by atoms with Crippen LogP contribution in [0.2, 0.25) is 5.02 Å². The molecule has 0 saturated carbocycles. The van der Waals surface area contributed by atoms with Crippen molar-refractivity contribution in [1.82, 2.24) is 0 Å². The molecule has 0 atom stereocenters. The van der Waals surface area contributed by atoms with E-state index >= 15 is 0 Å². The molecule has 3 nitrogen and oxygen atoms in total. The lowest BCUT2D eigenvalue weighted by molar-refractivity contribution is 0.280. The third-order valence-electron chi connectivity index (χ3n) is 4.50. The second-order valence-corrected chi connectivity index (χ2v) is 7.07. The molecule has 0 fully saturated rings. The van der Waals surface area contributed by atoms with Gasteiger partial charge in [-0.1, -0.05) is 41.9 Å². The standard InChI is InChI=1S/C23H23ClFNO2/c1-15-8-9-16(2)21(10-15)26-13-17-11-19(24)23(22(12-17)27-3)28-14-18-6-4-5-7-20(18)25/h4-12,26H,13-14H2,1-3H3. The minimum Gasteiger partial charge on any atom is -0.493 e. The van der Waals surface area contributed by atoms with E-state index in [0.717, 1.165) is 11.3 Å². The maximum Gasteiger partial charge on any atom is 0.180 e. The van der Waals surface area contributed by atoms with Crippen LogP contribution in [-0.2, 0) is 13.2 Å². The van der Waals surface area contributed by atoms with Crippen molar-refractivity contribution >= 4 is 17.3 Å². The first-order chi connectivity index (χ1) is 13.5. The summed E-state index contributed by atoms with van der Waals surface area (Å²) in [5.74, 6) is 0.608. The van der Waals surface area contributed by atoms with Crippen LogP contribution in [-0.4, -0.2) is 7.11 Å². The maximum atomic E-state index is 13.8. The van der Waals surface area contributed by atoms with E-state index in [1.54, 1.807) is 25.3 Å². The Bertz CT molecular complexity index is 975. The summed E-state index contributed by atoms with van der Waals surface area (Å²) in [5.41, 5.74) is 4.87. The number of hydrogen-bond donors (Lipinski definition) is 1. The Kier molecular flexibility index (Phi) is 6.42. The number of hydrogen-bond acceptors (Lipinski definition) is 3. The Morgan fingerprint density at radius 3 is 2.57 bits per heavy atom. The molecule has 3 rings (SSSR count). The second-order valence-electron chi connectivity index (χ2n) is 6.66. The van der Waals surface area contributed by atoms with Crippen molar-refractivity contribution in [2.45, 2.75) is 27.0 Å². The summed E-state index contributed by atoms with van der Waals surface area (Å²) in [6.45, 7) is 4.79. The van der Waals surface area contributed by atoms with E-state index in [4.69, 9.17) is 21.1 Å². The van der Waals surface area contributed by atoms with Gasteiger partial charge in [0.2, 0.25) is 0 Å². The predicted molar refractivity (Wildman–Crippen MR) is 112 cm³/mol. The summed E-state index contributed by atoms with van der Waals surface area (Å²) in [4.78, 5) is 0. The molecular weight excluding hydrogens is 377 g/mol. The molecule has 0 aromatic heterocycles. The number of anilines is 1. The van der Waals surface area contributed by atoms with Crippen LogP contribution in [0.3, 0.4) is 0 Å². The van der Waals surface area contributed by atoms with E-state index < -0.39 is 0 Å². The Hall–Kier alpha value is -2.72. The van der Waals surface area contributed by atoms with Crippen LogP contribution in [0.1, 0.15) is 22.3 Å². The molecule has 146 valence electrons. The first-order valence-electron chi connectivity index (χ1n) is 9.01. The quantitative estimate of drug-likeness (QED) is 0.506. The summed E-state index contributed by atoms with van der Waals surface area (Å²) in [5, 5.41) is 3.85. The van der Waals surface area contributed by atoms with Gasteiger partial charge in [-0.25, -0.2) is 4.39 Å². The number of rotatable bonds is 7. The van der Waals surface area contributed by atoms with Crippen LogP contribution in [0.5, 0.6) is 11.5 Å². The SMILES string of the molecule is COc1cc(CNc2cc(C)ccc2C)cc(Cl)c1OCc1ccccc1F. The monoisotopic (exact) mass is 399 g/mol. The highest BCUT2D eigenvalue weighted by Gasteiger charge is 2.13. The summed E-state index contributed by atoms with van der Waals surface area (Å²) >= 11 is 6.43. The van der Waals surface area contributed by atoms with Crippen molar-refractivity contribution in [3.05, 3.63) is 87.7 Å². The normalized spacial score (nSPS) is 10.6. The molecule has 0 saturated heterocycles. The molecule has 3 aromatic rings. The maximum absolute atomic E-state index is 13.8. The number of halogens is 2. The van der Waals surface area contributed by atoms with Gasteiger partial charge in [0.1, 0.15) is 12.4 Å². The molecule has 0 unspecified atom stereocenters. The predicted octanol–water partition coefficient (Wildman–Crippen LogP) is 6.30. The van der Waals surface area contributed by atoms with E-state index in [2.05, 4.69) is 37.4 Å². The van der Waals surface area contributed by atoms with E-state index in [9.17, 15) is 4.39 Å². The molecule has 28 heavy (non-hydrogen) atoms. The highest BCUT2D eigenvalue weighted by atomic mass is 35.5. The Labute approximate surface area is 170 Å². The fraction of sp³-hybridized carbons (Fsp3) is 0.217. The molecule has 5 heteroatoms. The molecule has 0 aliphatic carbocycles. The van der Waals surface area contributed by atoms with Gasteiger partial charge >= 0.3 is 0 Å². The van der Waals surface area contributed by atoms with Crippen molar-refractivity contribution in [3.63, 3.8) is 0 Å². The van der Waals surface area contributed by atoms with Gasteiger partial charge in [-0.15, -0.1) is 0 Å². The smallest absolute Gasteiger partial charge is 0.180 e.